The number of carboxylic acids is 1. The van der Waals surface area contributed by atoms with Gasteiger partial charge in [-0.2, -0.15) is 0 Å². The maximum absolute atomic E-state index is 12.0. The van der Waals surface area contributed by atoms with Crippen molar-refractivity contribution >= 4 is 17.9 Å². The highest BCUT2D eigenvalue weighted by atomic mass is 16.5. The van der Waals surface area contributed by atoms with E-state index in [2.05, 4.69) is 17.2 Å². The van der Waals surface area contributed by atoms with E-state index in [0.29, 0.717) is 26.3 Å². The first-order valence-corrected chi connectivity index (χ1v) is 6.79. The number of rotatable bonds is 8. The number of nitrogens with one attached hydrogen (secondary N) is 2. The van der Waals surface area contributed by atoms with Crippen molar-refractivity contribution in [3.05, 3.63) is 12.7 Å². The van der Waals surface area contributed by atoms with Crippen LogP contribution in [0.25, 0.3) is 0 Å². The summed E-state index contributed by atoms with van der Waals surface area (Å²) in [5, 5.41) is 14.0. The van der Waals surface area contributed by atoms with Crippen molar-refractivity contribution in [3.8, 4) is 0 Å². The van der Waals surface area contributed by atoms with Crippen LogP contribution < -0.4 is 10.6 Å². The summed E-state index contributed by atoms with van der Waals surface area (Å²) in [7, 11) is 0. The highest BCUT2D eigenvalue weighted by Gasteiger charge is 2.34. The number of hydrogen-bond acceptors (Lipinski definition) is 4. The normalized spacial score (nSPS) is 18.0. The second-order valence-corrected chi connectivity index (χ2v) is 4.52. The Kier molecular flexibility index (Phi) is 7.24. The molecule has 1 atom stereocenters. The monoisotopic (exact) mass is 299 g/mol. The molecule has 1 aliphatic rings. The molecule has 1 fully saturated rings. The maximum atomic E-state index is 12.0. The highest BCUT2D eigenvalue weighted by molar-refractivity contribution is 5.91. The molecule has 0 aromatic carbocycles. The Labute approximate surface area is 123 Å². The van der Waals surface area contributed by atoms with Gasteiger partial charge in [0.15, 0.2) is 0 Å². The van der Waals surface area contributed by atoms with Crippen molar-refractivity contribution in [1.29, 1.82) is 0 Å². The van der Waals surface area contributed by atoms with Gasteiger partial charge in [-0.05, 0) is 6.42 Å². The maximum Gasteiger partial charge on any atom is 0.318 e. The van der Waals surface area contributed by atoms with Gasteiger partial charge in [0.1, 0.15) is 6.04 Å². The summed E-state index contributed by atoms with van der Waals surface area (Å²) in [6, 6.07) is -1.43. The van der Waals surface area contributed by atoms with Crippen LogP contribution in [0, 0.1) is 0 Å². The molecule has 1 rings (SSSR count). The van der Waals surface area contributed by atoms with Crippen LogP contribution in [-0.2, 0) is 14.3 Å². The number of amides is 3. The molecule has 21 heavy (non-hydrogen) atoms. The minimum atomic E-state index is -1.12. The third kappa shape index (κ3) is 5.82. The number of ether oxygens (including phenoxy) is 1. The van der Waals surface area contributed by atoms with Gasteiger partial charge in [0.25, 0.3) is 0 Å². The van der Waals surface area contributed by atoms with E-state index < -0.39 is 30.4 Å². The van der Waals surface area contributed by atoms with E-state index in [1.807, 2.05) is 0 Å². The Morgan fingerprint density at radius 3 is 2.95 bits per heavy atom. The Hall–Kier alpha value is -2.09. The van der Waals surface area contributed by atoms with Crippen molar-refractivity contribution in [2.45, 2.75) is 18.9 Å². The largest absolute Gasteiger partial charge is 0.481 e. The van der Waals surface area contributed by atoms with Crippen molar-refractivity contribution < 1.29 is 24.2 Å². The summed E-state index contributed by atoms with van der Waals surface area (Å²) in [5.74, 6) is -1.57. The van der Waals surface area contributed by atoms with Gasteiger partial charge in [0, 0.05) is 19.6 Å². The summed E-state index contributed by atoms with van der Waals surface area (Å²) >= 11 is 0. The first kappa shape index (κ1) is 17.0. The zero-order valence-electron chi connectivity index (χ0n) is 11.8. The van der Waals surface area contributed by atoms with Crippen molar-refractivity contribution in [2.75, 3.05) is 32.8 Å². The van der Waals surface area contributed by atoms with Gasteiger partial charge in [0.2, 0.25) is 5.91 Å². The molecule has 1 saturated heterocycles. The SMILES string of the molecule is C=CCCOCCNC(=O)N1CCNC(=O)C1CC(=O)O. The fraction of sp³-hybridized carbons (Fsp3) is 0.615. The summed E-state index contributed by atoms with van der Waals surface area (Å²) in [6.07, 6.45) is 2.07. The van der Waals surface area contributed by atoms with E-state index >= 15 is 0 Å². The van der Waals surface area contributed by atoms with Crippen LogP contribution in [0.5, 0.6) is 0 Å². The minimum absolute atomic E-state index is 0.285. The van der Waals surface area contributed by atoms with Crippen LogP contribution in [0.2, 0.25) is 0 Å². The predicted molar refractivity (Wildman–Crippen MR) is 74.8 cm³/mol. The molecular formula is C13H21N3O5. The number of nitrogens with zero attached hydrogens (tertiary/aromatic N) is 1. The molecule has 8 nitrogen and oxygen atoms in total. The molecule has 118 valence electrons. The molecule has 8 heteroatoms. The molecule has 0 bridgehead atoms. The van der Waals surface area contributed by atoms with E-state index in [1.165, 1.54) is 4.90 Å². The second-order valence-electron chi connectivity index (χ2n) is 4.52. The number of piperazine rings is 1. The van der Waals surface area contributed by atoms with Gasteiger partial charge in [-0.15, -0.1) is 6.58 Å². The van der Waals surface area contributed by atoms with Gasteiger partial charge in [-0.1, -0.05) is 6.08 Å². The number of aliphatic carboxylic acids is 1. The van der Waals surface area contributed by atoms with Gasteiger partial charge in [0.05, 0.1) is 19.6 Å². The van der Waals surface area contributed by atoms with E-state index in [-0.39, 0.29) is 6.54 Å². The lowest BCUT2D eigenvalue weighted by molar-refractivity contribution is -0.142. The highest BCUT2D eigenvalue weighted by Crippen LogP contribution is 2.09. The molecule has 0 radical (unpaired) electrons. The fourth-order valence-corrected chi connectivity index (χ4v) is 1.93. The molecule has 1 aliphatic heterocycles. The van der Waals surface area contributed by atoms with Gasteiger partial charge in [-0.3, -0.25) is 9.59 Å². The Morgan fingerprint density at radius 2 is 2.29 bits per heavy atom. The average Bonchev–Trinajstić information content (AvgIpc) is 2.44. The van der Waals surface area contributed by atoms with Gasteiger partial charge >= 0.3 is 12.0 Å². The summed E-state index contributed by atoms with van der Waals surface area (Å²) < 4.78 is 5.25. The van der Waals surface area contributed by atoms with E-state index in [9.17, 15) is 14.4 Å². The van der Waals surface area contributed by atoms with Crippen molar-refractivity contribution in [1.82, 2.24) is 15.5 Å². The molecule has 0 spiro atoms. The fourth-order valence-electron chi connectivity index (χ4n) is 1.93. The van der Waals surface area contributed by atoms with Crippen molar-refractivity contribution in [2.24, 2.45) is 0 Å². The smallest absolute Gasteiger partial charge is 0.318 e. The number of carbonyl (C=O) groups is 3. The molecular weight excluding hydrogens is 278 g/mol. The minimum Gasteiger partial charge on any atom is -0.481 e. The summed E-state index contributed by atoms with van der Waals surface area (Å²) in [4.78, 5) is 35.7. The molecule has 0 aromatic heterocycles. The first-order valence-electron chi connectivity index (χ1n) is 6.79. The Morgan fingerprint density at radius 1 is 1.52 bits per heavy atom. The third-order valence-electron chi connectivity index (χ3n) is 2.95. The number of carbonyl (C=O) groups excluding carboxylic acids is 2. The molecule has 1 heterocycles. The Bertz CT molecular complexity index is 399. The molecule has 0 aliphatic carbocycles. The van der Waals surface area contributed by atoms with Crippen LogP contribution in [0.3, 0.4) is 0 Å². The van der Waals surface area contributed by atoms with Crippen molar-refractivity contribution in [3.63, 3.8) is 0 Å². The third-order valence-corrected chi connectivity index (χ3v) is 2.95. The molecule has 1 unspecified atom stereocenters. The number of carboxylic acid groups (broad SMARTS) is 1. The quantitative estimate of drug-likeness (QED) is 0.416. The van der Waals surface area contributed by atoms with Crippen LogP contribution >= 0.6 is 0 Å². The average molecular weight is 299 g/mol. The lowest BCUT2D eigenvalue weighted by Crippen LogP contribution is -2.60. The van der Waals surface area contributed by atoms with Crippen LogP contribution in [0.15, 0.2) is 12.7 Å². The molecule has 0 saturated carbocycles. The van der Waals surface area contributed by atoms with Crippen LogP contribution in [0.4, 0.5) is 4.79 Å². The van der Waals surface area contributed by atoms with Crippen LogP contribution in [-0.4, -0.2) is 66.8 Å². The lowest BCUT2D eigenvalue weighted by Gasteiger charge is -2.34. The van der Waals surface area contributed by atoms with Crippen LogP contribution in [0.1, 0.15) is 12.8 Å². The molecule has 0 aromatic rings. The predicted octanol–water partition coefficient (Wildman–Crippen LogP) is -0.436. The second kappa shape index (κ2) is 8.96. The zero-order chi connectivity index (χ0) is 15.7. The summed E-state index contributed by atoms with van der Waals surface area (Å²) in [6.45, 7) is 5.35. The van der Waals surface area contributed by atoms with E-state index in [0.717, 1.165) is 6.42 Å². The van der Waals surface area contributed by atoms with E-state index in [4.69, 9.17) is 9.84 Å². The molecule has 3 N–H and O–H groups in total. The Balaban J connectivity index is 2.40. The van der Waals surface area contributed by atoms with Gasteiger partial charge < -0.3 is 25.4 Å². The number of hydrogen-bond donors (Lipinski definition) is 3. The molecule has 3 amide bonds. The lowest BCUT2D eigenvalue weighted by atomic mass is 10.1. The zero-order valence-corrected chi connectivity index (χ0v) is 11.8. The summed E-state index contributed by atoms with van der Waals surface area (Å²) in [5.41, 5.74) is 0. The number of urea groups is 1. The topological polar surface area (TPSA) is 108 Å². The van der Waals surface area contributed by atoms with E-state index in [1.54, 1.807) is 6.08 Å². The first-order chi connectivity index (χ1) is 10.1. The standard InChI is InChI=1S/C13H21N3O5/c1-2-3-7-21-8-5-15-13(20)16-6-4-14-12(19)10(16)9-11(17)18/h2,10H,1,3-9H2,(H,14,19)(H,15,20)(H,17,18). The van der Waals surface area contributed by atoms with Gasteiger partial charge in [-0.25, -0.2) is 4.79 Å².